The van der Waals surface area contributed by atoms with Crippen molar-refractivity contribution < 1.29 is 4.39 Å². The molecule has 12 heavy (non-hydrogen) atoms. The minimum absolute atomic E-state index is 0.346. The average molecular weight is 166 g/mol. The SMILES string of the molecule is CCc1cc(C)c(CF)c(C)c1. The molecule has 0 heterocycles. The van der Waals surface area contributed by atoms with Crippen LogP contribution < -0.4 is 0 Å². The van der Waals surface area contributed by atoms with Crippen LogP contribution in [0.15, 0.2) is 12.1 Å². The first-order chi connectivity index (χ1) is 5.69. The Morgan fingerprint density at radius 1 is 1.17 bits per heavy atom. The largest absolute Gasteiger partial charge is 0.246 e. The zero-order valence-corrected chi connectivity index (χ0v) is 7.95. The van der Waals surface area contributed by atoms with Crippen LogP contribution in [-0.2, 0) is 13.1 Å². The Morgan fingerprint density at radius 2 is 1.67 bits per heavy atom. The van der Waals surface area contributed by atoms with E-state index < -0.39 is 0 Å². The zero-order valence-electron chi connectivity index (χ0n) is 7.95. The van der Waals surface area contributed by atoms with E-state index in [0.717, 1.165) is 23.1 Å². The van der Waals surface area contributed by atoms with Crippen LogP contribution in [-0.4, -0.2) is 0 Å². The molecule has 0 unspecified atom stereocenters. The minimum atomic E-state index is -0.346. The fraction of sp³-hybridized carbons (Fsp3) is 0.455. The van der Waals surface area contributed by atoms with Crippen LogP contribution in [0.4, 0.5) is 4.39 Å². The van der Waals surface area contributed by atoms with Crippen LogP contribution in [0.2, 0.25) is 0 Å². The van der Waals surface area contributed by atoms with E-state index in [1.807, 2.05) is 13.8 Å². The highest BCUT2D eigenvalue weighted by Gasteiger charge is 2.02. The van der Waals surface area contributed by atoms with E-state index in [2.05, 4.69) is 19.1 Å². The monoisotopic (exact) mass is 166 g/mol. The minimum Gasteiger partial charge on any atom is -0.246 e. The highest BCUT2D eigenvalue weighted by molar-refractivity contribution is 5.37. The van der Waals surface area contributed by atoms with Crippen LogP contribution in [0, 0.1) is 13.8 Å². The average Bonchev–Trinajstić information content (AvgIpc) is 2.03. The van der Waals surface area contributed by atoms with Gasteiger partial charge in [0.05, 0.1) is 0 Å². The second-order valence-electron chi connectivity index (χ2n) is 3.20. The van der Waals surface area contributed by atoms with Gasteiger partial charge in [-0.3, -0.25) is 0 Å². The summed E-state index contributed by atoms with van der Waals surface area (Å²) in [7, 11) is 0. The maximum Gasteiger partial charge on any atom is 0.115 e. The second kappa shape index (κ2) is 3.70. The molecule has 1 aromatic carbocycles. The lowest BCUT2D eigenvalue weighted by molar-refractivity contribution is 0.482. The van der Waals surface area contributed by atoms with Gasteiger partial charge in [-0.25, -0.2) is 4.39 Å². The summed E-state index contributed by atoms with van der Waals surface area (Å²) < 4.78 is 12.5. The molecule has 0 saturated heterocycles. The molecule has 0 aromatic heterocycles. The Bertz CT molecular complexity index is 253. The maximum absolute atomic E-state index is 12.5. The summed E-state index contributed by atoms with van der Waals surface area (Å²) in [6.07, 6.45) is 1.02. The highest BCUT2D eigenvalue weighted by Crippen LogP contribution is 2.17. The first kappa shape index (κ1) is 9.24. The number of hydrogen-bond donors (Lipinski definition) is 0. The Morgan fingerprint density at radius 3 is 2.00 bits per heavy atom. The molecule has 0 radical (unpaired) electrons. The summed E-state index contributed by atoms with van der Waals surface area (Å²) in [6, 6.07) is 4.14. The van der Waals surface area contributed by atoms with E-state index in [0.29, 0.717) is 0 Å². The number of hydrogen-bond acceptors (Lipinski definition) is 0. The lowest BCUT2D eigenvalue weighted by atomic mass is 9.99. The maximum atomic E-state index is 12.5. The molecule has 0 N–H and O–H groups in total. The smallest absolute Gasteiger partial charge is 0.115 e. The summed E-state index contributed by atoms with van der Waals surface area (Å²) in [4.78, 5) is 0. The molecule has 0 bridgehead atoms. The van der Waals surface area contributed by atoms with Crippen molar-refractivity contribution in [1.82, 2.24) is 0 Å². The molecule has 0 spiro atoms. The Labute approximate surface area is 73.4 Å². The van der Waals surface area contributed by atoms with E-state index in [-0.39, 0.29) is 6.67 Å². The number of halogens is 1. The van der Waals surface area contributed by atoms with Crippen LogP contribution in [0.25, 0.3) is 0 Å². The quantitative estimate of drug-likeness (QED) is 0.632. The first-order valence-electron chi connectivity index (χ1n) is 4.34. The highest BCUT2D eigenvalue weighted by atomic mass is 19.1. The molecule has 1 heteroatoms. The fourth-order valence-corrected chi connectivity index (χ4v) is 1.50. The summed E-state index contributed by atoms with van der Waals surface area (Å²) in [6.45, 7) is 5.72. The lowest BCUT2D eigenvalue weighted by Crippen LogP contribution is -1.93. The fourth-order valence-electron chi connectivity index (χ4n) is 1.50. The summed E-state index contributed by atoms with van der Waals surface area (Å²) in [5.41, 5.74) is 4.30. The molecule has 0 atom stereocenters. The molecule has 0 saturated carbocycles. The molecule has 0 aliphatic heterocycles. The van der Waals surface area contributed by atoms with Crippen LogP contribution in [0.5, 0.6) is 0 Å². The van der Waals surface area contributed by atoms with Crippen LogP contribution >= 0.6 is 0 Å². The number of rotatable bonds is 2. The summed E-state index contributed by atoms with van der Waals surface area (Å²) >= 11 is 0. The van der Waals surface area contributed by atoms with E-state index in [1.54, 1.807) is 0 Å². The van der Waals surface area contributed by atoms with Crippen molar-refractivity contribution in [3.8, 4) is 0 Å². The van der Waals surface area contributed by atoms with Gasteiger partial charge in [0.15, 0.2) is 0 Å². The van der Waals surface area contributed by atoms with E-state index in [4.69, 9.17) is 0 Å². The lowest BCUT2D eigenvalue weighted by Gasteiger charge is -2.08. The third-order valence-electron chi connectivity index (χ3n) is 2.30. The van der Waals surface area contributed by atoms with Gasteiger partial charge in [-0.2, -0.15) is 0 Å². The topological polar surface area (TPSA) is 0 Å². The van der Waals surface area contributed by atoms with Gasteiger partial charge in [-0.05, 0) is 42.5 Å². The van der Waals surface area contributed by atoms with Gasteiger partial charge >= 0.3 is 0 Å². The standard InChI is InChI=1S/C11H15F/c1-4-10-5-8(2)11(7-12)9(3)6-10/h5-6H,4,7H2,1-3H3. The number of benzene rings is 1. The van der Waals surface area contributed by atoms with Gasteiger partial charge in [-0.15, -0.1) is 0 Å². The Hall–Kier alpha value is -0.850. The molecule has 66 valence electrons. The van der Waals surface area contributed by atoms with Gasteiger partial charge in [-0.1, -0.05) is 19.1 Å². The predicted octanol–water partition coefficient (Wildman–Crippen LogP) is 3.34. The van der Waals surface area contributed by atoms with E-state index in [1.165, 1.54) is 5.56 Å². The third-order valence-corrected chi connectivity index (χ3v) is 2.30. The molecule has 0 aliphatic rings. The molecule has 0 fully saturated rings. The van der Waals surface area contributed by atoms with E-state index >= 15 is 0 Å². The van der Waals surface area contributed by atoms with Gasteiger partial charge in [0.25, 0.3) is 0 Å². The van der Waals surface area contributed by atoms with Crippen molar-refractivity contribution in [2.24, 2.45) is 0 Å². The van der Waals surface area contributed by atoms with Gasteiger partial charge in [0.2, 0.25) is 0 Å². The van der Waals surface area contributed by atoms with E-state index in [9.17, 15) is 4.39 Å². The van der Waals surface area contributed by atoms with Crippen molar-refractivity contribution in [3.05, 3.63) is 34.4 Å². The van der Waals surface area contributed by atoms with Gasteiger partial charge in [0.1, 0.15) is 6.67 Å². The molecular weight excluding hydrogens is 151 g/mol. The Balaban J connectivity index is 3.18. The van der Waals surface area contributed by atoms with Crippen molar-refractivity contribution in [2.75, 3.05) is 0 Å². The zero-order chi connectivity index (χ0) is 9.14. The van der Waals surface area contributed by atoms with Crippen molar-refractivity contribution in [1.29, 1.82) is 0 Å². The van der Waals surface area contributed by atoms with Crippen molar-refractivity contribution >= 4 is 0 Å². The second-order valence-corrected chi connectivity index (χ2v) is 3.20. The number of alkyl halides is 1. The Kier molecular flexibility index (Phi) is 2.85. The van der Waals surface area contributed by atoms with Crippen molar-refractivity contribution in [2.45, 2.75) is 33.9 Å². The van der Waals surface area contributed by atoms with Crippen LogP contribution in [0.1, 0.15) is 29.2 Å². The molecular formula is C11H15F. The molecule has 0 nitrogen and oxygen atoms in total. The molecule has 0 amide bonds. The number of aryl methyl sites for hydroxylation is 3. The van der Waals surface area contributed by atoms with Crippen LogP contribution in [0.3, 0.4) is 0 Å². The molecule has 0 aliphatic carbocycles. The third kappa shape index (κ3) is 1.66. The summed E-state index contributed by atoms with van der Waals surface area (Å²) in [5, 5.41) is 0. The molecule has 1 aromatic rings. The first-order valence-corrected chi connectivity index (χ1v) is 4.34. The van der Waals surface area contributed by atoms with Gasteiger partial charge in [0, 0.05) is 0 Å². The predicted molar refractivity (Wildman–Crippen MR) is 50.1 cm³/mol. The van der Waals surface area contributed by atoms with Gasteiger partial charge < -0.3 is 0 Å². The summed E-state index contributed by atoms with van der Waals surface area (Å²) in [5.74, 6) is 0. The normalized spacial score (nSPS) is 10.3. The van der Waals surface area contributed by atoms with Crippen molar-refractivity contribution in [3.63, 3.8) is 0 Å². The molecule has 1 rings (SSSR count).